The highest BCUT2D eigenvalue weighted by Gasteiger charge is 2.22. The van der Waals surface area contributed by atoms with Crippen molar-refractivity contribution < 1.29 is 18.0 Å². The van der Waals surface area contributed by atoms with Crippen LogP contribution in [-0.4, -0.2) is 31.5 Å². The summed E-state index contributed by atoms with van der Waals surface area (Å²) in [5.41, 5.74) is 5.40. The van der Waals surface area contributed by atoms with Crippen molar-refractivity contribution in [3.8, 4) is 0 Å². The third-order valence-corrected chi connectivity index (χ3v) is 4.03. The summed E-state index contributed by atoms with van der Waals surface area (Å²) in [6, 6.07) is 0.631. The predicted octanol–water partition coefficient (Wildman–Crippen LogP) is 3.24. The highest BCUT2D eigenvalue weighted by Crippen LogP contribution is 2.30. The molecule has 0 aliphatic carbocycles. The van der Waals surface area contributed by atoms with Crippen molar-refractivity contribution in [2.75, 3.05) is 10.6 Å². The van der Waals surface area contributed by atoms with Gasteiger partial charge in [0.1, 0.15) is 17.0 Å². The van der Waals surface area contributed by atoms with Crippen LogP contribution in [0.4, 0.5) is 30.8 Å². The Morgan fingerprint density at radius 3 is 2.41 bits per heavy atom. The van der Waals surface area contributed by atoms with Crippen LogP contribution in [0.3, 0.4) is 0 Å². The number of amides is 1. The second-order valence-corrected chi connectivity index (χ2v) is 6.90. The molecule has 2 heterocycles. The van der Waals surface area contributed by atoms with Gasteiger partial charge in [0.2, 0.25) is 17.8 Å². The van der Waals surface area contributed by atoms with Crippen LogP contribution < -0.4 is 16.4 Å². The smallest absolute Gasteiger partial charge is 0.224 e. The van der Waals surface area contributed by atoms with Crippen LogP contribution in [0.15, 0.2) is 18.3 Å². The SMILES string of the molecule is CC(C)Nc1ncc2nc(Nc3c(F)cc(F)cc3F)n(C(C)CC(N)=O)c2n1. The van der Waals surface area contributed by atoms with Gasteiger partial charge in [-0.25, -0.2) is 23.1 Å². The Bertz CT molecular complexity index is 1040. The van der Waals surface area contributed by atoms with E-state index in [9.17, 15) is 18.0 Å². The second kappa shape index (κ2) is 7.94. The predicted molar refractivity (Wildman–Crippen MR) is 102 cm³/mol. The lowest BCUT2D eigenvalue weighted by Gasteiger charge is -2.17. The lowest BCUT2D eigenvalue weighted by Crippen LogP contribution is -2.19. The molecule has 4 N–H and O–H groups in total. The first kappa shape index (κ1) is 20.4. The number of nitrogens with one attached hydrogen (secondary N) is 2. The zero-order valence-electron chi connectivity index (χ0n) is 16.0. The van der Waals surface area contributed by atoms with Crippen molar-refractivity contribution in [3.63, 3.8) is 0 Å². The molecule has 2 aromatic heterocycles. The van der Waals surface area contributed by atoms with E-state index in [0.29, 0.717) is 29.2 Å². The quantitative estimate of drug-likeness (QED) is 0.555. The fourth-order valence-electron chi connectivity index (χ4n) is 2.88. The molecule has 3 rings (SSSR count). The van der Waals surface area contributed by atoms with E-state index in [0.717, 1.165) is 0 Å². The summed E-state index contributed by atoms with van der Waals surface area (Å²) in [6.45, 7) is 5.51. The summed E-state index contributed by atoms with van der Waals surface area (Å²) < 4.78 is 42.9. The molecular weight excluding hydrogens is 387 g/mol. The van der Waals surface area contributed by atoms with Gasteiger partial charge in [0.15, 0.2) is 17.3 Å². The van der Waals surface area contributed by atoms with Gasteiger partial charge in [0, 0.05) is 30.6 Å². The van der Waals surface area contributed by atoms with Gasteiger partial charge < -0.3 is 16.4 Å². The number of fused-ring (bicyclic) bond motifs is 1. The molecule has 8 nitrogen and oxygen atoms in total. The third kappa shape index (κ3) is 4.39. The average Bonchev–Trinajstić information content (AvgIpc) is 2.94. The number of carbonyl (C=O) groups is 1. The fourth-order valence-corrected chi connectivity index (χ4v) is 2.88. The number of carbonyl (C=O) groups excluding carboxylic acids is 1. The Morgan fingerprint density at radius 2 is 1.83 bits per heavy atom. The van der Waals surface area contributed by atoms with Crippen LogP contribution in [0.5, 0.6) is 0 Å². The minimum absolute atomic E-state index is 0.00848. The fraction of sp³-hybridized carbons (Fsp3) is 0.333. The summed E-state index contributed by atoms with van der Waals surface area (Å²) in [6.07, 6.45) is 1.38. The molecule has 154 valence electrons. The van der Waals surface area contributed by atoms with Crippen LogP contribution in [0.1, 0.15) is 33.2 Å². The van der Waals surface area contributed by atoms with Gasteiger partial charge in [-0.3, -0.25) is 9.36 Å². The first-order valence-electron chi connectivity index (χ1n) is 8.87. The van der Waals surface area contributed by atoms with Crippen LogP contribution in [-0.2, 0) is 4.79 Å². The van der Waals surface area contributed by atoms with Gasteiger partial charge in [-0.05, 0) is 20.8 Å². The number of benzene rings is 1. The zero-order valence-corrected chi connectivity index (χ0v) is 16.0. The molecule has 0 radical (unpaired) electrons. The number of aromatic nitrogens is 4. The Labute approximate surface area is 164 Å². The zero-order chi connectivity index (χ0) is 21.3. The molecule has 0 aliphatic rings. The van der Waals surface area contributed by atoms with Crippen LogP contribution in [0.25, 0.3) is 11.2 Å². The van der Waals surface area contributed by atoms with Gasteiger partial charge in [0.05, 0.1) is 6.20 Å². The Kier molecular flexibility index (Phi) is 5.57. The lowest BCUT2D eigenvalue weighted by molar-refractivity contribution is -0.118. The molecule has 0 saturated heterocycles. The highest BCUT2D eigenvalue weighted by atomic mass is 19.1. The van der Waals surface area contributed by atoms with E-state index in [-0.39, 0.29) is 18.4 Å². The van der Waals surface area contributed by atoms with Gasteiger partial charge in [0.25, 0.3) is 0 Å². The van der Waals surface area contributed by atoms with Gasteiger partial charge in [-0.1, -0.05) is 0 Å². The largest absolute Gasteiger partial charge is 0.370 e. The van der Waals surface area contributed by atoms with Crippen molar-refractivity contribution >= 4 is 34.7 Å². The summed E-state index contributed by atoms with van der Waals surface area (Å²) in [5.74, 6) is -3.54. The van der Waals surface area contributed by atoms with E-state index < -0.39 is 35.1 Å². The van der Waals surface area contributed by atoms with E-state index in [1.54, 1.807) is 6.92 Å². The molecule has 1 unspecified atom stereocenters. The minimum atomic E-state index is -1.13. The Hall–Kier alpha value is -3.37. The summed E-state index contributed by atoms with van der Waals surface area (Å²) >= 11 is 0. The number of anilines is 3. The molecule has 1 atom stereocenters. The van der Waals surface area contributed by atoms with Crippen molar-refractivity contribution in [2.24, 2.45) is 5.73 Å². The number of nitrogens with zero attached hydrogens (tertiary/aromatic N) is 4. The average molecular weight is 407 g/mol. The van der Waals surface area contributed by atoms with Crippen molar-refractivity contribution in [1.82, 2.24) is 19.5 Å². The van der Waals surface area contributed by atoms with E-state index >= 15 is 0 Å². The number of hydrogen-bond acceptors (Lipinski definition) is 6. The lowest BCUT2D eigenvalue weighted by atomic mass is 10.2. The monoisotopic (exact) mass is 407 g/mol. The second-order valence-electron chi connectivity index (χ2n) is 6.90. The summed E-state index contributed by atoms with van der Waals surface area (Å²) in [7, 11) is 0. The number of halogens is 3. The van der Waals surface area contributed by atoms with E-state index in [1.165, 1.54) is 10.8 Å². The molecule has 0 fully saturated rings. The third-order valence-electron chi connectivity index (χ3n) is 4.03. The number of rotatable bonds is 7. The summed E-state index contributed by atoms with van der Waals surface area (Å²) in [5, 5.41) is 5.59. The maximum absolute atomic E-state index is 14.1. The minimum Gasteiger partial charge on any atom is -0.370 e. The molecule has 1 aromatic carbocycles. The molecule has 0 bridgehead atoms. The van der Waals surface area contributed by atoms with E-state index in [1.807, 2.05) is 13.8 Å². The Balaban J connectivity index is 2.13. The molecule has 11 heteroatoms. The van der Waals surface area contributed by atoms with Gasteiger partial charge in [-0.2, -0.15) is 4.98 Å². The van der Waals surface area contributed by atoms with Crippen molar-refractivity contribution in [1.29, 1.82) is 0 Å². The first-order valence-corrected chi connectivity index (χ1v) is 8.87. The molecule has 3 aromatic rings. The summed E-state index contributed by atoms with van der Waals surface area (Å²) in [4.78, 5) is 24.3. The molecule has 0 spiro atoms. The first-order chi connectivity index (χ1) is 13.7. The topological polar surface area (TPSA) is 111 Å². The molecule has 29 heavy (non-hydrogen) atoms. The molecule has 0 aliphatic heterocycles. The van der Waals surface area contributed by atoms with E-state index in [4.69, 9.17) is 5.73 Å². The number of imidazole rings is 1. The van der Waals surface area contributed by atoms with Crippen LogP contribution in [0, 0.1) is 17.5 Å². The maximum atomic E-state index is 14.1. The van der Waals surface area contributed by atoms with E-state index in [2.05, 4.69) is 25.6 Å². The standard InChI is InChI=1S/C18H20F3N7O/c1-8(2)24-17-23-7-13-16(27-17)28(9(3)4-14(22)29)18(25-13)26-15-11(20)5-10(19)6-12(15)21/h5-9H,4H2,1-3H3,(H2,22,29)(H,25,26)(H,23,24,27). The number of nitrogens with two attached hydrogens (primary N) is 1. The molecule has 1 amide bonds. The normalized spacial score (nSPS) is 12.4. The molecule has 0 saturated carbocycles. The van der Waals surface area contributed by atoms with Crippen LogP contribution >= 0.6 is 0 Å². The highest BCUT2D eigenvalue weighted by molar-refractivity contribution is 5.78. The maximum Gasteiger partial charge on any atom is 0.224 e. The van der Waals surface area contributed by atoms with Crippen molar-refractivity contribution in [3.05, 3.63) is 35.8 Å². The van der Waals surface area contributed by atoms with Crippen molar-refractivity contribution in [2.45, 2.75) is 39.3 Å². The van der Waals surface area contributed by atoms with Gasteiger partial charge >= 0.3 is 0 Å². The van der Waals surface area contributed by atoms with Crippen LogP contribution in [0.2, 0.25) is 0 Å². The van der Waals surface area contributed by atoms with Gasteiger partial charge in [-0.15, -0.1) is 0 Å². The molecular formula is C18H20F3N7O. The number of hydrogen-bond donors (Lipinski definition) is 3. The number of primary amides is 1. The Morgan fingerprint density at radius 1 is 1.17 bits per heavy atom.